The normalized spacial score (nSPS) is 10.3. The number of anilines is 1. The van der Waals surface area contributed by atoms with E-state index in [4.69, 9.17) is 10.5 Å². The molecule has 2 aromatic rings. The van der Waals surface area contributed by atoms with Crippen molar-refractivity contribution in [3.05, 3.63) is 47.2 Å². The molecule has 0 fully saturated rings. The Bertz CT molecular complexity index is 500. The summed E-state index contributed by atoms with van der Waals surface area (Å²) in [6.07, 6.45) is 1.71. The maximum absolute atomic E-state index is 5.81. The van der Waals surface area contributed by atoms with Crippen LogP contribution in [0.1, 0.15) is 16.7 Å². The molecule has 0 unspecified atom stereocenters. The number of nitrogens with two attached hydrogens (primary N) is 1. The Morgan fingerprint density at radius 3 is 2.41 bits per heavy atom. The van der Waals surface area contributed by atoms with Crippen molar-refractivity contribution in [3.63, 3.8) is 0 Å². The number of hydrogen-bond donors (Lipinski definition) is 1. The quantitative estimate of drug-likeness (QED) is 0.857. The van der Waals surface area contributed by atoms with Gasteiger partial charge in [0.05, 0.1) is 0 Å². The van der Waals surface area contributed by atoms with Crippen molar-refractivity contribution in [2.75, 3.05) is 5.73 Å². The predicted molar refractivity (Wildman–Crippen MR) is 69.4 cm³/mol. The van der Waals surface area contributed by atoms with Gasteiger partial charge in [-0.1, -0.05) is 6.07 Å². The highest BCUT2D eigenvalue weighted by Crippen LogP contribution is 2.24. The molecule has 0 saturated carbocycles. The Labute approximate surface area is 101 Å². The lowest BCUT2D eigenvalue weighted by atomic mass is 10.1. The monoisotopic (exact) mass is 228 g/mol. The molecule has 3 heteroatoms. The molecule has 2 N–H and O–H groups in total. The molecular formula is C14H16N2O. The summed E-state index contributed by atoms with van der Waals surface area (Å²) in [5.74, 6) is 1.31. The molecule has 0 amide bonds. The third-order valence-electron chi connectivity index (χ3n) is 2.82. The van der Waals surface area contributed by atoms with E-state index < -0.39 is 0 Å². The standard InChI is InChI=1S/C14H16N2O/c1-9-4-5-12(6-10(9)2)17-14-7-13(15)11(3)8-16-14/h4-8H,1-3H3,(H2,15,16). The molecule has 0 aliphatic rings. The van der Waals surface area contributed by atoms with Gasteiger partial charge in [0.25, 0.3) is 0 Å². The number of pyridine rings is 1. The van der Waals surface area contributed by atoms with Crippen molar-refractivity contribution in [1.82, 2.24) is 4.98 Å². The smallest absolute Gasteiger partial charge is 0.221 e. The van der Waals surface area contributed by atoms with Gasteiger partial charge in [-0.25, -0.2) is 4.98 Å². The Kier molecular flexibility index (Phi) is 3.00. The second-order valence-corrected chi connectivity index (χ2v) is 4.23. The first-order valence-electron chi connectivity index (χ1n) is 5.53. The van der Waals surface area contributed by atoms with Crippen LogP contribution in [0.25, 0.3) is 0 Å². The van der Waals surface area contributed by atoms with E-state index in [1.54, 1.807) is 12.3 Å². The van der Waals surface area contributed by atoms with E-state index in [-0.39, 0.29) is 0 Å². The Balaban J connectivity index is 2.25. The van der Waals surface area contributed by atoms with Gasteiger partial charge in [0.2, 0.25) is 5.88 Å². The van der Waals surface area contributed by atoms with Crippen molar-refractivity contribution in [2.45, 2.75) is 20.8 Å². The fraction of sp³-hybridized carbons (Fsp3) is 0.214. The Morgan fingerprint density at radius 2 is 1.76 bits per heavy atom. The molecular weight excluding hydrogens is 212 g/mol. The number of nitrogen functional groups attached to an aromatic ring is 1. The summed E-state index contributed by atoms with van der Waals surface area (Å²) in [7, 11) is 0. The summed E-state index contributed by atoms with van der Waals surface area (Å²) in [5, 5.41) is 0. The largest absolute Gasteiger partial charge is 0.439 e. The van der Waals surface area contributed by atoms with Crippen molar-refractivity contribution >= 4 is 5.69 Å². The van der Waals surface area contributed by atoms with Gasteiger partial charge in [0.1, 0.15) is 5.75 Å². The first kappa shape index (κ1) is 11.5. The number of rotatable bonds is 2. The van der Waals surface area contributed by atoms with E-state index >= 15 is 0 Å². The average molecular weight is 228 g/mol. The molecule has 1 heterocycles. The van der Waals surface area contributed by atoms with E-state index in [1.165, 1.54) is 11.1 Å². The SMILES string of the molecule is Cc1ccc(Oc2cc(N)c(C)cn2)cc1C. The van der Waals surface area contributed by atoms with Crippen molar-refractivity contribution in [2.24, 2.45) is 0 Å². The average Bonchev–Trinajstić information content (AvgIpc) is 2.29. The maximum atomic E-state index is 5.81. The summed E-state index contributed by atoms with van der Waals surface area (Å²) < 4.78 is 5.66. The van der Waals surface area contributed by atoms with Crippen molar-refractivity contribution in [3.8, 4) is 11.6 Å². The van der Waals surface area contributed by atoms with Crippen LogP contribution in [0, 0.1) is 20.8 Å². The van der Waals surface area contributed by atoms with Gasteiger partial charge in [-0.15, -0.1) is 0 Å². The van der Waals surface area contributed by atoms with Crippen LogP contribution in [-0.2, 0) is 0 Å². The minimum absolute atomic E-state index is 0.524. The molecule has 0 aliphatic carbocycles. The lowest BCUT2D eigenvalue weighted by molar-refractivity contribution is 0.462. The number of aryl methyl sites for hydroxylation is 3. The molecule has 88 valence electrons. The number of hydrogen-bond acceptors (Lipinski definition) is 3. The molecule has 3 nitrogen and oxygen atoms in total. The van der Waals surface area contributed by atoms with E-state index in [1.807, 2.05) is 25.1 Å². The summed E-state index contributed by atoms with van der Waals surface area (Å²) in [6.45, 7) is 6.04. The minimum Gasteiger partial charge on any atom is -0.439 e. The van der Waals surface area contributed by atoms with Crippen LogP contribution >= 0.6 is 0 Å². The molecule has 1 aromatic carbocycles. The topological polar surface area (TPSA) is 48.1 Å². The minimum atomic E-state index is 0.524. The van der Waals surface area contributed by atoms with Gasteiger partial charge in [0.15, 0.2) is 0 Å². The van der Waals surface area contributed by atoms with E-state index in [2.05, 4.69) is 18.8 Å². The van der Waals surface area contributed by atoms with E-state index in [9.17, 15) is 0 Å². The van der Waals surface area contributed by atoms with Crippen LogP contribution in [0.15, 0.2) is 30.5 Å². The Hall–Kier alpha value is -2.03. The number of benzene rings is 1. The van der Waals surface area contributed by atoms with E-state index in [0.717, 1.165) is 11.3 Å². The fourth-order valence-corrected chi connectivity index (χ4v) is 1.47. The second kappa shape index (κ2) is 4.45. The summed E-state index contributed by atoms with van der Waals surface area (Å²) in [5.41, 5.74) is 9.90. The summed E-state index contributed by atoms with van der Waals surface area (Å²) in [4.78, 5) is 4.18. The van der Waals surface area contributed by atoms with Gasteiger partial charge >= 0.3 is 0 Å². The first-order valence-corrected chi connectivity index (χ1v) is 5.53. The molecule has 0 bridgehead atoms. The molecule has 0 atom stereocenters. The highest BCUT2D eigenvalue weighted by molar-refractivity contribution is 5.48. The molecule has 2 rings (SSSR count). The lowest BCUT2D eigenvalue weighted by Gasteiger charge is -2.08. The number of nitrogens with zero attached hydrogens (tertiary/aromatic N) is 1. The Morgan fingerprint density at radius 1 is 1.00 bits per heavy atom. The highest BCUT2D eigenvalue weighted by Gasteiger charge is 2.02. The third-order valence-corrected chi connectivity index (χ3v) is 2.82. The zero-order valence-corrected chi connectivity index (χ0v) is 10.3. The van der Waals surface area contributed by atoms with Crippen LogP contribution < -0.4 is 10.5 Å². The predicted octanol–water partition coefficient (Wildman–Crippen LogP) is 3.38. The molecule has 0 radical (unpaired) electrons. The summed E-state index contributed by atoms with van der Waals surface area (Å²) in [6, 6.07) is 7.69. The zero-order valence-electron chi connectivity index (χ0n) is 10.3. The molecule has 17 heavy (non-hydrogen) atoms. The van der Waals surface area contributed by atoms with Crippen LogP contribution in [0.3, 0.4) is 0 Å². The lowest BCUT2D eigenvalue weighted by Crippen LogP contribution is -1.94. The molecule has 0 spiro atoms. The fourth-order valence-electron chi connectivity index (χ4n) is 1.47. The van der Waals surface area contributed by atoms with Crippen LogP contribution in [0.2, 0.25) is 0 Å². The second-order valence-electron chi connectivity index (χ2n) is 4.23. The maximum Gasteiger partial charge on any atom is 0.221 e. The van der Waals surface area contributed by atoms with Gasteiger partial charge < -0.3 is 10.5 Å². The van der Waals surface area contributed by atoms with Gasteiger partial charge in [-0.05, 0) is 49.6 Å². The van der Waals surface area contributed by atoms with E-state index in [0.29, 0.717) is 11.6 Å². The molecule has 0 saturated heterocycles. The summed E-state index contributed by atoms with van der Waals surface area (Å²) >= 11 is 0. The first-order chi connectivity index (χ1) is 8.06. The highest BCUT2D eigenvalue weighted by atomic mass is 16.5. The number of ether oxygens (including phenoxy) is 1. The van der Waals surface area contributed by atoms with Gasteiger partial charge in [0, 0.05) is 18.0 Å². The zero-order chi connectivity index (χ0) is 12.4. The number of aromatic nitrogens is 1. The molecule has 0 aliphatic heterocycles. The van der Waals surface area contributed by atoms with Crippen molar-refractivity contribution < 1.29 is 4.74 Å². The van der Waals surface area contributed by atoms with Crippen LogP contribution in [0.5, 0.6) is 11.6 Å². The van der Waals surface area contributed by atoms with Crippen LogP contribution in [-0.4, -0.2) is 4.98 Å². The van der Waals surface area contributed by atoms with Crippen LogP contribution in [0.4, 0.5) is 5.69 Å². The molecule has 1 aromatic heterocycles. The van der Waals surface area contributed by atoms with Gasteiger partial charge in [-0.2, -0.15) is 0 Å². The van der Waals surface area contributed by atoms with Crippen molar-refractivity contribution in [1.29, 1.82) is 0 Å². The third kappa shape index (κ3) is 2.56. The van der Waals surface area contributed by atoms with Gasteiger partial charge in [-0.3, -0.25) is 0 Å².